The summed E-state index contributed by atoms with van der Waals surface area (Å²) in [4.78, 5) is 11.7. The topological polar surface area (TPSA) is 54.0 Å². The van der Waals surface area contributed by atoms with Gasteiger partial charge in [-0.05, 0) is 37.1 Å². The van der Waals surface area contributed by atoms with Crippen molar-refractivity contribution in [3.8, 4) is 16.9 Å². The predicted molar refractivity (Wildman–Crippen MR) is 99.6 cm³/mol. The van der Waals surface area contributed by atoms with Gasteiger partial charge in [0.15, 0.2) is 5.76 Å². The van der Waals surface area contributed by atoms with Crippen molar-refractivity contribution in [1.82, 2.24) is 0 Å². The Bertz CT molecular complexity index is 701. The van der Waals surface area contributed by atoms with Gasteiger partial charge in [0.05, 0.1) is 13.2 Å². The first-order valence-corrected chi connectivity index (χ1v) is 8.54. The van der Waals surface area contributed by atoms with Crippen LogP contribution in [0.2, 0.25) is 0 Å². The van der Waals surface area contributed by atoms with Crippen LogP contribution in [0.25, 0.3) is 11.1 Å². The third-order valence-electron chi connectivity index (χ3n) is 3.53. The zero-order valence-electron chi connectivity index (χ0n) is 15.3. The van der Waals surface area contributed by atoms with Gasteiger partial charge in [-0.1, -0.05) is 42.5 Å². The molecule has 0 amide bonds. The summed E-state index contributed by atoms with van der Waals surface area (Å²) in [5.41, 5.74) is 2.19. The Morgan fingerprint density at radius 2 is 1.50 bits per heavy atom. The number of benzene rings is 2. The molecule has 5 nitrogen and oxygen atoms in total. The number of rotatable bonds is 9. The van der Waals surface area contributed by atoms with Gasteiger partial charge in [0.1, 0.15) is 5.75 Å². The first-order chi connectivity index (χ1) is 12.7. The van der Waals surface area contributed by atoms with Crippen LogP contribution in [0.3, 0.4) is 0 Å². The lowest BCUT2D eigenvalue weighted by Crippen LogP contribution is -2.24. The Morgan fingerprint density at radius 1 is 0.923 bits per heavy atom. The van der Waals surface area contributed by atoms with Gasteiger partial charge in [-0.25, -0.2) is 4.79 Å². The molecule has 0 unspecified atom stereocenters. The Labute approximate surface area is 154 Å². The quantitative estimate of drug-likeness (QED) is 0.292. The van der Waals surface area contributed by atoms with E-state index >= 15 is 0 Å². The Morgan fingerprint density at radius 3 is 2.04 bits per heavy atom. The van der Waals surface area contributed by atoms with Crippen molar-refractivity contribution >= 4 is 5.97 Å². The summed E-state index contributed by atoms with van der Waals surface area (Å²) >= 11 is 0. The molecule has 2 aromatic carbocycles. The lowest BCUT2D eigenvalue weighted by Gasteiger charge is -2.20. The van der Waals surface area contributed by atoms with Crippen molar-refractivity contribution in [1.29, 1.82) is 0 Å². The van der Waals surface area contributed by atoms with Crippen molar-refractivity contribution in [2.24, 2.45) is 0 Å². The zero-order chi connectivity index (χ0) is 18.8. The van der Waals surface area contributed by atoms with Crippen molar-refractivity contribution in [2.45, 2.75) is 20.1 Å². The van der Waals surface area contributed by atoms with Crippen LogP contribution in [0.4, 0.5) is 0 Å². The molecule has 0 radical (unpaired) electrons. The summed E-state index contributed by atoms with van der Waals surface area (Å²) in [6.07, 6.45) is 0.457. The SMILES string of the molecule is CCOC(OCC)/C(=C\C(=O)OC)Oc1ccc(-c2ccccc2)cc1. The normalized spacial score (nSPS) is 11.5. The number of hydrogen-bond donors (Lipinski definition) is 0. The summed E-state index contributed by atoms with van der Waals surface area (Å²) in [5, 5.41) is 0. The maximum Gasteiger partial charge on any atom is 0.334 e. The highest BCUT2D eigenvalue weighted by Gasteiger charge is 2.19. The van der Waals surface area contributed by atoms with E-state index in [0.29, 0.717) is 19.0 Å². The summed E-state index contributed by atoms with van der Waals surface area (Å²) in [7, 11) is 1.31. The highest BCUT2D eigenvalue weighted by Crippen LogP contribution is 2.24. The van der Waals surface area contributed by atoms with E-state index in [1.807, 2.05) is 68.4 Å². The molecule has 0 saturated heterocycles. The molecule has 0 aliphatic heterocycles. The maximum atomic E-state index is 11.7. The average Bonchev–Trinajstić information content (AvgIpc) is 2.68. The van der Waals surface area contributed by atoms with E-state index in [0.717, 1.165) is 11.1 Å². The molecular weight excluding hydrogens is 332 g/mol. The van der Waals surface area contributed by atoms with Crippen LogP contribution in [-0.4, -0.2) is 32.6 Å². The summed E-state index contributed by atoms with van der Waals surface area (Å²) in [6, 6.07) is 17.6. The summed E-state index contributed by atoms with van der Waals surface area (Å²) in [5.74, 6) is 0.280. The fourth-order valence-corrected chi connectivity index (χ4v) is 2.32. The molecule has 0 heterocycles. The van der Waals surface area contributed by atoms with E-state index in [9.17, 15) is 4.79 Å². The molecule has 0 fully saturated rings. The van der Waals surface area contributed by atoms with Gasteiger partial charge < -0.3 is 18.9 Å². The highest BCUT2D eigenvalue weighted by atomic mass is 16.7. The lowest BCUT2D eigenvalue weighted by atomic mass is 10.1. The average molecular weight is 356 g/mol. The van der Waals surface area contributed by atoms with Crippen molar-refractivity contribution in [3.63, 3.8) is 0 Å². The Balaban J connectivity index is 2.21. The second-order valence-corrected chi connectivity index (χ2v) is 5.30. The van der Waals surface area contributed by atoms with Crippen molar-refractivity contribution < 1.29 is 23.7 Å². The molecule has 0 saturated carbocycles. The van der Waals surface area contributed by atoms with Gasteiger partial charge in [0.2, 0.25) is 6.29 Å². The molecule has 0 aromatic heterocycles. The largest absolute Gasteiger partial charge is 0.466 e. The lowest BCUT2D eigenvalue weighted by molar-refractivity contribution is -0.138. The van der Waals surface area contributed by atoms with Gasteiger partial charge in [0.25, 0.3) is 0 Å². The Kier molecular flexibility index (Phi) is 7.86. The number of ether oxygens (including phenoxy) is 4. The van der Waals surface area contributed by atoms with Gasteiger partial charge in [-0.15, -0.1) is 0 Å². The minimum atomic E-state index is -0.780. The van der Waals surface area contributed by atoms with Gasteiger partial charge in [-0.2, -0.15) is 0 Å². The minimum Gasteiger partial charge on any atom is -0.466 e. The number of carbonyl (C=O) groups excluding carboxylic acids is 1. The number of methoxy groups -OCH3 is 1. The Hall–Kier alpha value is -2.63. The van der Waals surface area contributed by atoms with Crippen LogP contribution in [-0.2, 0) is 19.0 Å². The van der Waals surface area contributed by atoms with E-state index < -0.39 is 12.3 Å². The van der Waals surface area contributed by atoms with Crippen molar-refractivity contribution in [3.05, 3.63) is 66.4 Å². The van der Waals surface area contributed by atoms with Crippen LogP contribution in [0.5, 0.6) is 5.75 Å². The molecule has 0 atom stereocenters. The molecule has 0 aliphatic carbocycles. The second kappa shape index (κ2) is 10.4. The molecule has 0 N–H and O–H groups in total. The summed E-state index contributed by atoms with van der Waals surface area (Å²) in [6.45, 7) is 4.52. The number of hydrogen-bond acceptors (Lipinski definition) is 5. The maximum absolute atomic E-state index is 11.7. The van der Waals surface area contributed by atoms with Crippen LogP contribution >= 0.6 is 0 Å². The fourth-order valence-electron chi connectivity index (χ4n) is 2.32. The molecule has 138 valence electrons. The first kappa shape index (κ1) is 19.7. The molecule has 0 bridgehead atoms. The molecule has 2 aromatic rings. The van der Waals surface area contributed by atoms with Crippen LogP contribution < -0.4 is 4.74 Å². The summed E-state index contributed by atoms with van der Waals surface area (Å²) < 4.78 is 21.6. The third-order valence-corrected chi connectivity index (χ3v) is 3.53. The van der Waals surface area contributed by atoms with E-state index in [4.69, 9.17) is 18.9 Å². The molecule has 0 spiro atoms. The first-order valence-electron chi connectivity index (χ1n) is 8.54. The smallest absolute Gasteiger partial charge is 0.334 e. The van der Waals surface area contributed by atoms with Gasteiger partial charge >= 0.3 is 5.97 Å². The molecule has 26 heavy (non-hydrogen) atoms. The van der Waals surface area contributed by atoms with Gasteiger partial charge in [-0.3, -0.25) is 0 Å². The van der Waals surface area contributed by atoms with Crippen LogP contribution in [0.1, 0.15) is 13.8 Å². The van der Waals surface area contributed by atoms with E-state index in [1.54, 1.807) is 0 Å². The molecule has 0 aliphatic rings. The second-order valence-electron chi connectivity index (χ2n) is 5.30. The van der Waals surface area contributed by atoms with E-state index in [-0.39, 0.29) is 5.76 Å². The number of carbonyl (C=O) groups is 1. The zero-order valence-corrected chi connectivity index (χ0v) is 15.3. The standard InChI is InChI=1S/C21H24O5/c1-4-24-21(25-5-2)19(15-20(22)23-3)26-18-13-11-17(12-14-18)16-9-7-6-8-10-16/h6-15,21H,4-5H2,1-3H3/b19-15+. The minimum absolute atomic E-state index is 0.244. The monoisotopic (exact) mass is 356 g/mol. The van der Waals surface area contributed by atoms with Crippen LogP contribution in [0, 0.1) is 0 Å². The fraction of sp³-hybridized carbons (Fsp3) is 0.286. The molecular formula is C21H24O5. The predicted octanol–water partition coefficient (Wildman–Crippen LogP) is 4.19. The molecule has 2 rings (SSSR count). The van der Waals surface area contributed by atoms with Crippen LogP contribution in [0.15, 0.2) is 66.4 Å². The van der Waals surface area contributed by atoms with Crippen molar-refractivity contribution in [2.75, 3.05) is 20.3 Å². The van der Waals surface area contributed by atoms with E-state index in [2.05, 4.69) is 0 Å². The van der Waals surface area contributed by atoms with Gasteiger partial charge in [0, 0.05) is 13.2 Å². The number of esters is 1. The van der Waals surface area contributed by atoms with E-state index in [1.165, 1.54) is 13.2 Å². The molecule has 5 heteroatoms. The highest BCUT2D eigenvalue weighted by molar-refractivity contribution is 5.82. The third kappa shape index (κ3) is 5.72.